The van der Waals surface area contributed by atoms with Crippen LogP contribution in [-0.2, 0) is 6.54 Å². The molecule has 3 aromatic heterocycles. The van der Waals surface area contributed by atoms with Gasteiger partial charge in [-0.2, -0.15) is 0 Å². The van der Waals surface area contributed by atoms with Crippen molar-refractivity contribution in [1.29, 1.82) is 0 Å². The number of aryl methyl sites for hydroxylation is 2. The Morgan fingerprint density at radius 3 is 2.87 bits per heavy atom. The molecule has 1 saturated carbocycles. The first kappa shape index (κ1) is 19.2. The van der Waals surface area contributed by atoms with E-state index in [1.807, 2.05) is 19.9 Å². The number of thiophene rings is 1. The molecule has 0 aromatic carbocycles. The first-order valence-electron chi connectivity index (χ1n) is 10.3. The first-order chi connectivity index (χ1) is 14.5. The van der Waals surface area contributed by atoms with Gasteiger partial charge in [0.2, 0.25) is 0 Å². The van der Waals surface area contributed by atoms with Crippen molar-refractivity contribution in [1.82, 2.24) is 20.0 Å². The highest BCUT2D eigenvalue weighted by atomic mass is 32.1. The monoisotopic (exact) mass is 423 g/mol. The first-order valence-corrected chi connectivity index (χ1v) is 11.1. The number of allylic oxidation sites excluding steroid dienone is 2. The van der Waals surface area contributed by atoms with Crippen LogP contribution in [-0.4, -0.2) is 39.5 Å². The Bertz CT molecular complexity index is 1130. The third kappa shape index (κ3) is 3.39. The molecule has 0 saturated heterocycles. The number of fused-ring (bicyclic) bond motifs is 3. The summed E-state index contributed by atoms with van der Waals surface area (Å²) in [5, 5.41) is 8.40. The molecule has 156 valence electrons. The van der Waals surface area contributed by atoms with Crippen molar-refractivity contribution >= 4 is 33.3 Å². The number of amides is 1. The van der Waals surface area contributed by atoms with Crippen LogP contribution in [0.25, 0.3) is 10.2 Å². The van der Waals surface area contributed by atoms with E-state index in [1.165, 1.54) is 24.2 Å². The average Bonchev–Trinajstić information content (AvgIpc) is 3.51. The maximum atomic E-state index is 13.1. The zero-order chi connectivity index (χ0) is 20.8. The zero-order valence-electron chi connectivity index (χ0n) is 17.4. The lowest BCUT2D eigenvalue weighted by Crippen LogP contribution is -2.25. The van der Waals surface area contributed by atoms with Gasteiger partial charge >= 0.3 is 0 Å². The summed E-state index contributed by atoms with van der Waals surface area (Å²) in [6.07, 6.45) is 8.85. The van der Waals surface area contributed by atoms with Crippen molar-refractivity contribution in [3.63, 3.8) is 0 Å². The number of carbonyl (C=O) groups excluding carboxylic acids is 1. The largest absolute Gasteiger partial charge is 0.369 e. The highest BCUT2D eigenvalue weighted by molar-refractivity contribution is 7.20. The number of rotatable bonds is 6. The van der Waals surface area contributed by atoms with E-state index in [-0.39, 0.29) is 5.91 Å². The van der Waals surface area contributed by atoms with Gasteiger partial charge in [0, 0.05) is 19.7 Å². The molecule has 0 spiro atoms. The van der Waals surface area contributed by atoms with E-state index < -0.39 is 0 Å². The van der Waals surface area contributed by atoms with Gasteiger partial charge in [0.15, 0.2) is 5.76 Å². The van der Waals surface area contributed by atoms with E-state index >= 15 is 0 Å². The van der Waals surface area contributed by atoms with E-state index in [2.05, 4.69) is 32.6 Å². The molecular weight excluding hydrogens is 398 g/mol. The minimum absolute atomic E-state index is 0.0475. The van der Waals surface area contributed by atoms with Gasteiger partial charge in [-0.1, -0.05) is 17.3 Å². The Balaban J connectivity index is 1.36. The fourth-order valence-corrected chi connectivity index (χ4v) is 5.88. The lowest BCUT2D eigenvalue weighted by Gasteiger charge is -2.19. The highest BCUT2D eigenvalue weighted by Gasteiger charge is 2.35. The Labute approximate surface area is 179 Å². The van der Waals surface area contributed by atoms with Crippen molar-refractivity contribution in [3.8, 4) is 0 Å². The second-order valence-corrected chi connectivity index (χ2v) is 9.47. The van der Waals surface area contributed by atoms with E-state index in [4.69, 9.17) is 4.52 Å². The lowest BCUT2D eigenvalue weighted by atomic mass is 9.93. The highest BCUT2D eigenvalue weighted by Crippen LogP contribution is 2.43. The topological polar surface area (TPSA) is 84.2 Å². The summed E-state index contributed by atoms with van der Waals surface area (Å²) in [6, 6.07) is 1.85. The number of carbonyl (C=O) groups is 1. The Morgan fingerprint density at radius 2 is 2.17 bits per heavy atom. The number of nitrogens with one attached hydrogen (secondary N) is 1. The van der Waals surface area contributed by atoms with Gasteiger partial charge in [0.05, 0.1) is 22.5 Å². The molecule has 3 atom stereocenters. The standard InChI is InChI=1S/C22H25N5O2S/c1-12-6-17(29-26-12)10-27(3)22(28)19-13(2)18-20(24-11-25-21(18)30-19)23-9-16-8-14-4-5-15(16)7-14/h4-6,11,14-16H,7-10H2,1-3H3,(H,23,24,25)/t14-,15+,16-/m0/s1. The third-order valence-corrected chi connectivity index (χ3v) is 7.47. The van der Waals surface area contributed by atoms with E-state index in [0.29, 0.717) is 29.0 Å². The van der Waals surface area contributed by atoms with Gasteiger partial charge in [-0.05, 0) is 50.0 Å². The Hall–Kier alpha value is -2.74. The van der Waals surface area contributed by atoms with Crippen LogP contribution in [0.3, 0.4) is 0 Å². The summed E-state index contributed by atoms with van der Waals surface area (Å²) in [7, 11) is 1.78. The van der Waals surface area contributed by atoms with Crippen LogP contribution < -0.4 is 5.32 Å². The van der Waals surface area contributed by atoms with Crippen molar-refractivity contribution in [2.45, 2.75) is 33.2 Å². The van der Waals surface area contributed by atoms with Crippen LogP contribution >= 0.6 is 11.3 Å². The molecule has 2 aliphatic rings. The van der Waals surface area contributed by atoms with E-state index in [1.54, 1.807) is 18.3 Å². The van der Waals surface area contributed by atoms with Gasteiger partial charge in [-0.15, -0.1) is 11.3 Å². The molecule has 1 fully saturated rings. The molecule has 3 heterocycles. The predicted octanol–water partition coefficient (Wildman–Crippen LogP) is 4.19. The smallest absolute Gasteiger partial charge is 0.264 e. The minimum Gasteiger partial charge on any atom is -0.369 e. The number of hydrogen-bond donors (Lipinski definition) is 1. The fourth-order valence-electron chi connectivity index (χ4n) is 4.74. The predicted molar refractivity (Wildman–Crippen MR) is 117 cm³/mol. The van der Waals surface area contributed by atoms with Crippen LogP contribution in [0.4, 0.5) is 5.82 Å². The number of anilines is 1. The van der Waals surface area contributed by atoms with Gasteiger partial charge in [-0.3, -0.25) is 4.79 Å². The van der Waals surface area contributed by atoms with Crippen molar-refractivity contribution in [2.24, 2.45) is 17.8 Å². The van der Waals surface area contributed by atoms with Crippen LogP contribution in [0.2, 0.25) is 0 Å². The van der Waals surface area contributed by atoms with Crippen LogP contribution in [0, 0.1) is 31.6 Å². The summed E-state index contributed by atoms with van der Waals surface area (Å²) in [6.45, 7) is 5.13. The second-order valence-electron chi connectivity index (χ2n) is 8.48. The van der Waals surface area contributed by atoms with Gasteiger partial charge < -0.3 is 14.7 Å². The van der Waals surface area contributed by atoms with Crippen LogP contribution in [0.15, 0.2) is 29.1 Å². The molecule has 2 bridgehead atoms. The van der Waals surface area contributed by atoms with Gasteiger partial charge in [0.25, 0.3) is 5.91 Å². The average molecular weight is 424 g/mol. The minimum atomic E-state index is -0.0475. The summed E-state index contributed by atoms with van der Waals surface area (Å²) < 4.78 is 5.25. The molecule has 0 aliphatic heterocycles. The summed E-state index contributed by atoms with van der Waals surface area (Å²) >= 11 is 1.42. The molecule has 30 heavy (non-hydrogen) atoms. The quantitative estimate of drug-likeness (QED) is 0.599. The molecule has 8 heteroatoms. The van der Waals surface area contributed by atoms with Gasteiger partial charge in [-0.25, -0.2) is 9.97 Å². The van der Waals surface area contributed by atoms with Crippen LogP contribution in [0.5, 0.6) is 0 Å². The maximum absolute atomic E-state index is 13.1. The van der Waals surface area contributed by atoms with Crippen molar-refractivity contribution in [3.05, 3.63) is 46.4 Å². The Morgan fingerprint density at radius 1 is 1.30 bits per heavy atom. The van der Waals surface area contributed by atoms with Gasteiger partial charge in [0.1, 0.15) is 17.0 Å². The molecule has 0 radical (unpaired) electrons. The van der Waals surface area contributed by atoms with Crippen molar-refractivity contribution < 1.29 is 9.32 Å². The summed E-state index contributed by atoms with van der Waals surface area (Å²) in [5.74, 6) is 3.55. The molecule has 3 aromatic rings. The molecule has 7 nitrogen and oxygen atoms in total. The fraction of sp³-hybridized carbons (Fsp3) is 0.455. The molecule has 5 rings (SSSR count). The molecule has 0 unspecified atom stereocenters. The molecule has 1 N–H and O–H groups in total. The van der Waals surface area contributed by atoms with E-state index in [9.17, 15) is 4.79 Å². The van der Waals surface area contributed by atoms with Crippen LogP contribution in [0.1, 0.15) is 39.5 Å². The van der Waals surface area contributed by atoms with E-state index in [0.717, 1.165) is 39.8 Å². The molecular formula is C22H25N5O2S. The number of hydrogen-bond acceptors (Lipinski definition) is 7. The Kier molecular flexibility index (Phi) is 4.81. The molecule has 1 amide bonds. The number of nitrogens with zero attached hydrogens (tertiary/aromatic N) is 4. The third-order valence-electron chi connectivity index (χ3n) is 6.29. The maximum Gasteiger partial charge on any atom is 0.264 e. The SMILES string of the molecule is Cc1cc(CN(C)C(=O)c2sc3ncnc(NC[C@@H]4C[C@H]5C=C[C@@H]4C5)c3c2C)on1. The normalized spacial score (nSPS) is 22.2. The summed E-state index contributed by atoms with van der Waals surface area (Å²) in [4.78, 5) is 25.2. The summed E-state index contributed by atoms with van der Waals surface area (Å²) in [5.41, 5.74) is 1.73. The zero-order valence-corrected chi connectivity index (χ0v) is 18.2. The number of aromatic nitrogens is 3. The lowest BCUT2D eigenvalue weighted by molar-refractivity contribution is 0.0776. The van der Waals surface area contributed by atoms with Crippen molar-refractivity contribution in [2.75, 3.05) is 18.9 Å². The molecule has 2 aliphatic carbocycles. The second kappa shape index (κ2) is 7.50.